The Morgan fingerprint density at radius 2 is 1.33 bits per heavy atom. The monoisotopic (exact) mass is 467 g/mol. The van der Waals surface area contributed by atoms with Crippen molar-refractivity contribution in [2.45, 2.75) is 65.0 Å². The van der Waals surface area contributed by atoms with Gasteiger partial charge in [0.15, 0.2) is 0 Å². The van der Waals surface area contributed by atoms with Crippen molar-refractivity contribution in [1.82, 2.24) is 16.0 Å². The zero-order valence-corrected chi connectivity index (χ0v) is 19.1. The summed E-state index contributed by atoms with van der Waals surface area (Å²) in [5, 5.41) is 33.9. The van der Waals surface area contributed by atoms with Crippen LogP contribution >= 0.6 is 0 Å². The normalized spacial score (nSPS) is 11.7. The van der Waals surface area contributed by atoms with E-state index < -0.39 is 42.4 Å². The topological polar surface area (TPSA) is 182 Å². The SMILES string of the molecule is CC.Cc1ccc(C(=O)NCCCCC(NC(=O)NC(CCC(=O)O)C(=O)O)C(=O)O)cc1. The molecule has 0 heterocycles. The van der Waals surface area contributed by atoms with Crippen LogP contribution in [0.25, 0.3) is 0 Å². The fourth-order valence-electron chi connectivity index (χ4n) is 2.62. The van der Waals surface area contributed by atoms with Crippen LogP contribution in [0.15, 0.2) is 24.3 Å². The van der Waals surface area contributed by atoms with Crippen molar-refractivity contribution < 1.29 is 39.3 Å². The zero-order valence-electron chi connectivity index (χ0n) is 19.1. The van der Waals surface area contributed by atoms with Crippen LogP contribution in [0.3, 0.4) is 0 Å². The summed E-state index contributed by atoms with van der Waals surface area (Å²) in [6.45, 7) is 6.23. The Kier molecular flexibility index (Phi) is 14.3. The van der Waals surface area contributed by atoms with Crippen molar-refractivity contribution in [2.75, 3.05) is 6.54 Å². The first-order valence-electron chi connectivity index (χ1n) is 10.7. The first-order chi connectivity index (χ1) is 15.6. The van der Waals surface area contributed by atoms with Crippen molar-refractivity contribution >= 4 is 29.8 Å². The number of benzene rings is 1. The Bertz CT molecular complexity index is 795. The average Bonchev–Trinajstić information content (AvgIpc) is 2.76. The van der Waals surface area contributed by atoms with Gasteiger partial charge in [0.1, 0.15) is 12.1 Å². The molecule has 0 radical (unpaired) electrons. The van der Waals surface area contributed by atoms with Crippen LogP contribution in [-0.4, -0.2) is 63.8 Å². The van der Waals surface area contributed by atoms with Gasteiger partial charge in [0.05, 0.1) is 0 Å². The van der Waals surface area contributed by atoms with Gasteiger partial charge in [-0.3, -0.25) is 9.59 Å². The number of carbonyl (C=O) groups is 5. The van der Waals surface area contributed by atoms with E-state index in [4.69, 9.17) is 10.2 Å². The van der Waals surface area contributed by atoms with Crippen LogP contribution in [0, 0.1) is 6.92 Å². The highest BCUT2D eigenvalue weighted by Gasteiger charge is 2.24. The zero-order chi connectivity index (χ0) is 25.4. The number of carboxylic acids is 3. The Hall–Kier alpha value is -3.63. The molecular formula is C22H33N3O8. The maximum absolute atomic E-state index is 12.0. The lowest BCUT2D eigenvalue weighted by molar-refractivity contribution is -0.140. The minimum atomic E-state index is -1.46. The van der Waals surface area contributed by atoms with Crippen LogP contribution in [0.5, 0.6) is 0 Å². The number of hydrogen-bond donors (Lipinski definition) is 6. The summed E-state index contributed by atoms with van der Waals surface area (Å²) < 4.78 is 0. The lowest BCUT2D eigenvalue weighted by atomic mass is 10.1. The minimum Gasteiger partial charge on any atom is -0.481 e. The van der Waals surface area contributed by atoms with E-state index in [-0.39, 0.29) is 18.7 Å². The number of urea groups is 1. The molecule has 0 spiro atoms. The highest BCUT2D eigenvalue weighted by molar-refractivity contribution is 5.94. The van der Waals surface area contributed by atoms with E-state index in [1.165, 1.54) is 0 Å². The summed E-state index contributed by atoms with van der Waals surface area (Å²) in [6.07, 6.45) is 0.119. The van der Waals surface area contributed by atoms with Crippen molar-refractivity contribution in [3.05, 3.63) is 35.4 Å². The molecule has 0 fully saturated rings. The molecular weight excluding hydrogens is 434 g/mol. The molecule has 33 heavy (non-hydrogen) atoms. The minimum absolute atomic E-state index is 0.0655. The molecule has 0 bridgehead atoms. The summed E-state index contributed by atoms with van der Waals surface area (Å²) >= 11 is 0. The number of carboxylic acid groups (broad SMARTS) is 3. The molecule has 1 rings (SSSR count). The van der Waals surface area contributed by atoms with Crippen molar-refractivity contribution in [1.29, 1.82) is 0 Å². The molecule has 0 aliphatic rings. The number of hydrogen-bond acceptors (Lipinski definition) is 5. The summed E-state index contributed by atoms with van der Waals surface area (Å²) in [6, 6.07) is 3.31. The quantitative estimate of drug-likeness (QED) is 0.238. The number of amides is 3. The van der Waals surface area contributed by atoms with Gasteiger partial charge >= 0.3 is 23.9 Å². The highest BCUT2D eigenvalue weighted by Crippen LogP contribution is 2.05. The van der Waals surface area contributed by atoms with E-state index in [0.717, 1.165) is 5.56 Å². The molecule has 6 N–H and O–H groups in total. The van der Waals surface area contributed by atoms with E-state index in [2.05, 4.69) is 16.0 Å². The van der Waals surface area contributed by atoms with Gasteiger partial charge in [-0.15, -0.1) is 0 Å². The molecule has 3 amide bonds. The second-order valence-electron chi connectivity index (χ2n) is 6.95. The molecule has 0 aromatic heterocycles. The van der Waals surface area contributed by atoms with Crippen molar-refractivity contribution in [3.63, 3.8) is 0 Å². The lowest BCUT2D eigenvalue weighted by Crippen LogP contribution is -2.51. The third kappa shape index (κ3) is 12.7. The molecule has 1 aromatic rings. The maximum Gasteiger partial charge on any atom is 0.326 e. The predicted molar refractivity (Wildman–Crippen MR) is 120 cm³/mol. The molecule has 2 atom stereocenters. The number of aliphatic carboxylic acids is 3. The molecule has 0 aliphatic carbocycles. The van der Waals surface area contributed by atoms with Crippen molar-refractivity contribution in [3.8, 4) is 0 Å². The molecule has 11 heteroatoms. The second kappa shape index (κ2) is 16.1. The van der Waals surface area contributed by atoms with Crippen LogP contribution < -0.4 is 16.0 Å². The van der Waals surface area contributed by atoms with E-state index in [0.29, 0.717) is 24.9 Å². The largest absolute Gasteiger partial charge is 0.481 e. The molecule has 2 unspecified atom stereocenters. The fraction of sp³-hybridized carbons (Fsp3) is 0.500. The Labute approximate surface area is 192 Å². The van der Waals surface area contributed by atoms with E-state index in [1.54, 1.807) is 12.1 Å². The van der Waals surface area contributed by atoms with Gasteiger partial charge in [-0.1, -0.05) is 31.5 Å². The summed E-state index contributed by atoms with van der Waals surface area (Å²) in [5.41, 5.74) is 1.55. The van der Waals surface area contributed by atoms with E-state index >= 15 is 0 Å². The standard InChI is InChI=1S/C20H27N3O8.C2H6/c1-12-5-7-13(8-6-12)17(26)21-11-3-2-4-14(18(27)28)22-20(31)23-15(19(29)30)9-10-16(24)25;1-2/h5-8,14-15H,2-4,9-11H2,1H3,(H,21,26)(H,24,25)(H,27,28)(H,29,30)(H2,22,23,31);1-2H3. The van der Waals surface area contributed by atoms with Gasteiger partial charge in [-0.25, -0.2) is 14.4 Å². The van der Waals surface area contributed by atoms with Gasteiger partial charge in [0, 0.05) is 18.5 Å². The Morgan fingerprint density at radius 1 is 0.818 bits per heavy atom. The maximum atomic E-state index is 12.0. The number of aryl methyl sites for hydroxylation is 1. The van der Waals surface area contributed by atoms with Crippen molar-refractivity contribution in [2.24, 2.45) is 0 Å². The molecule has 11 nitrogen and oxygen atoms in total. The van der Waals surface area contributed by atoms with Gasteiger partial charge in [-0.05, 0) is 44.7 Å². The number of rotatable bonds is 13. The number of unbranched alkanes of at least 4 members (excludes halogenated alkanes) is 1. The summed E-state index contributed by atoms with van der Waals surface area (Å²) in [7, 11) is 0. The van der Waals surface area contributed by atoms with E-state index in [1.807, 2.05) is 32.9 Å². The predicted octanol–water partition coefficient (Wildman–Crippen LogP) is 1.99. The van der Waals surface area contributed by atoms with Crippen LogP contribution in [0.4, 0.5) is 4.79 Å². The third-order valence-corrected chi connectivity index (χ3v) is 4.37. The van der Waals surface area contributed by atoms with Gasteiger partial charge in [0.25, 0.3) is 5.91 Å². The average molecular weight is 468 g/mol. The first kappa shape index (κ1) is 29.4. The molecule has 1 aromatic carbocycles. The summed E-state index contributed by atoms with van der Waals surface area (Å²) in [4.78, 5) is 56.9. The number of nitrogens with one attached hydrogen (secondary N) is 3. The fourth-order valence-corrected chi connectivity index (χ4v) is 2.62. The molecule has 184 valence electrons. The highest BCUT2D eigenvalue weighted by atomic mass is 16.4. The molecule has 0 saturated carbocycles. The van der Waals surface area contributed by atoms with Crippen LogP contribution in [0.2, 0.25) is 0 Å². The molecule has 0 saturated heterocycles. The Balaban J connectivity index is 0.00000497. The third-order valence-electron chi connectivity index (χ3n) is 4.37. The van der Waals surface area contributed by atoms with E-state index in [9.17, 15) is 29.1 Å². The Morgan fingerprint density at radius 3 is 1.82 bits per heavy atom. The van der Waals surface area contributed by atoms with Crippen LogP contribution in [0.1, 0.15) is 61.9 Å². The molecule has 0 aliphatic heterocycles. The second-order valence-corrected chi connectivity index (χ2v) is 6.95. The number of carbonyl (C=O) groups excluding carboxylic acids is 2. The first-order valence-corrected chi connectivity index (χ1v) is 10.7. The van der Waals surface area contributed by atoms with Gasteiger partial charge in [-0.2, -0.15) is 0 Å². The van der Waals surface area contributed by atoms with Crippen LogP contribution in [-0.2, 0) is 14.4 Å². The van der Waals surface area contributed by atoms with Gasteiger partial charge < -0.3 is 31.3 Å². The lowest BCUT2D eigenvalue weighted by Gasteiger charge is -2.18. The smallest absolute Gasteiger partial charge is 0.326 e. The summed E-state index contributed by atoms with van der Waals surface area (Å²) in [5.74, 6) is -4.18. The van der Waals surface area contributed by atoms with Gasteiger partial charge in [0.2, 0.25) is 0 Å².